The van der Waals surface area contributed by atoms with E-state index in [0.29, 0.717) is 0 Å². The van der Waals surface area contributed by atoms with E-state index in [4.69, 9.17) is 14.2 Å². The van der Waals surface area contributed by atoms with Crippen LogP contribution in [-0.2, 0) is 35.2 Å². The van der Waals surface area contributed by atoms with Gasteiger partial charge < -0.3 is 14.2 Å². The number of esters is 2. The van der Waals surface area contributed by atoms with Gasteiger partial charge in [0.1, 0.15) is 18.4 Å². The van der Waals surface area contributed by atoms with Gasteiger partial charge in [-0.15, -0.1) is 0 Å². The average molecular weight is 391 g/mol. The molecule has 0 aromatic heterocycles. The van der Waals surface area contributed by atoms with Crippen LogP contribution in [0.1, 0.15) is 25.8 Å². The maximum atomic E-state index is 12.7. The summed E-state index contributed by atoms with van der Waals surface area (Å²) in [6, 6.07) is 8.00. The second-order valence-corrected chi connectivity index (χ2v) is 6.55. The molecule has 1 aliphatic rings. The monoisotopic (exact) mass is 391 g/mol. The van der Waals surface area contributed by atoms with Gasteiger partial charge in [-0.25, -0.2) is 9.59 Å². The summed E-state index contributed by atoms with van der Waals surface area (Å²) >= 11 is 0. The molecule has 0 radical (unpaired) electrons. The Labute approximate surface area is 163 Å². The van der Waals surface area contributed by atoms with Crippen molar-refractivity contribution in [2.24, 2.45) is 11.8 Å². The molecule has 2 rings (SSSR count). The Hall–Kier alpha value is -2.90. The molecule has 8 heteroatoms. The number of amides is 1. The molecule has 1 heterocycles. The Bertz CT molecular complexity index is 719. The summed E-state index contributed by atoms with van der Waals surface area (Å²) in [4.78, 5) is 50.3. The number of hydrogen-bond donors (Lipinski definition) is 0. The van der Waals surface area contributed by atoms with E-state index in [1.54, 1.807) is 19.1 Å². The molecule has 0 aliphatic carbocycles. The third kappa shape index (κ3) is 5.09. The lowest BCUT2D eigenvalue weighted by Crippen LogP contribution is -2.45. The van der Waals surface area contributed by atoms with Crippen molar-refractivity contribution in [1.29, 1.82) is 0 Å². The molecule has 152 valence electrons. The van der Waals surface area contributed by atoms with Crippen molar-refractivity contribution in [3.8, 4) is 0 Å². The van der Waals surface area contributed by atoms with Crippen molar-refractivity contribution in [1.82, 2.24) is 4.90 Å². The van der Waals surface area contributed by atoms with E-state index < -0.39 is 35.9 Å². The number of Topliss-reactive ketones (excluding diaryl/α,β-unsaturated/α-hetero) is 1. The molecule has 1 fully saturated rings. The van der Waals surface area contributed by atoms with Crippen molar-refractivity contribution in [2.45, 2.75) is 32.9 Å². The maximum absolute atomic E-state index is 12.7. The molecular weight excluding hydrogens is 366 g/mol. The van der Waals surface area contributed by atoms with E-state index in [-0.39, 0.29) is 32.0 Å². The second-order valence-electron chi connectivity index (χ2n) is 6.55. The molecule has 1 amide bonds. The van der Waals surface area contributed by atoms with Crippen LogP contribution in [0.3, 0.4) is 0 Å². The number of methoxy groups -OCH3 is 1. The number of nitrogens with zero attached hydrogens (tertiary/aromatic N) is 1. The minimum Gasteiger partial charge on any atom is -0.469 e. The van der Waals surface area contributed by atoms with Gasteiger partial charge in [0, 0.05) is 18.4 Å². The lowest BCUT2D eigenvalue weighted by Gasteiger charge is -2.25. The summed E-state index contributed by atoms with van der Waals surface area (Å²) in [5.74, 6) is -2.87. The van der Waals surface area contributed by atoms with Crippen LogP contribution in [0.2, 0.25) is 0 Å². The smallest absolute Gasteiger partial charge is 0.410 e. The molecule has 0 unspecified atom stereocenters. The summed E-state index contributed by atoms with van der Waals surface area (Å²) in [5, 5.41) is 0. The summed E-state index contributed by atoms with van der Waals surface area (Å²) in [6.07, 6.45) is -0.910. The quantitative estimate of drug-likeness (QED) is 0.517. The van der Waals surface area contributed by atoms with Crippen LogP contribution in [-0.4, -0.2) is 55.0 Å². The second kappa shape index (κ2) is 9.87. The van der Waals surface area contributed by atoms with Gasteiger partial charge in [0.2, 0.25) is 0 Å². The fraction of sp³-hybridized carbons (Fsp3) is 0.500. The lowest BCUT2D eigenvalue weighted by molar-refractivity contribution is -0.150. The third-order valence-corrected chi connectivity index (χ3v) is 4.77. The molecular formula is C20H25NO7. The van der Waals surface area contributed by atoms with Crippen LogP contribution >= 0.6 is 0 Å². The highest BCUT2D eigenvalue weighted by Crippen LogP contribution is 2.35. The molecule has 0 spiro atoms. The van der Waals surface area contributed by atoms with Crippen molar-refractivity contribution in [3.63, 3.8) is 0 Å². The summed E-state index contributed by atoms with van der Waals surface area (Å²) in [5.41, 5.74) is 0.789. The van der Waals surface area contributed by atoms with Crippen LogP contribution < -0.4 is 0 Å². The molecule has 0 bridgehead atoms. The van der Waals surface area contributed by atoms with Gasteiger partial charge >= 0.3 is 18.0 Å². The Kier molecular flexibility index (Phi) is 7.54. The molecule has 3 atom stereocenters. The summed E-state index contributed by atoms with van der Waals surface area (Å²) in [6.45, 7) is 3.13. The van der Waals surface area contributed by atoms with Gasteiger partial charge in [-0.1, -0.05) is 30.3 Å². The maximum Gasteiger partial charge on any atom is 0.410 e. The Morgan fingerprint density at radius 3 is 2.36 bits per heavy atom. The van der Waals surface area contributed by atoms with Crippen LogP contribution in [0.15, 0.2) is 30.3 Å². The van der Waals surface area contributed by atoms with Crippen LogP contribution in [0.5, 0.6) is 0 Å². The standard InChI is InChI=1S/C20H25NO7/c1-4-27-19(24)18-15(10-17(23)26-3)16(13(2)22)11-21(18)20(25)28-12-14-8-6-5-7-9-14/h5-9,15-16,18H,4,10-12H2,1-3H3/t15-,16+,18-/m1/s1. The van der Waals surface area contributed by atoms with Gasteiger partial charge in [0.05, 0.1) is 20.1 Å². The van der Waals surface area contributed by atoms with Crippen LogP contribution in [0.25, 0.3) is 0 Å². The van der Waals surface area contributed by atoms with E-state index in [0.717, 1.165) is 5.56 Å². The van der Waals surface area contributed by atoms with E-state index in [1.165, 1.54) is 18.9 Å². The molecule has 1 aromatic rings. The summed E-state index contributed by atoms with van der Waals surface area (Å²) < 4.78 is 15.1. The molecule has 1 saturated heterocycles. The zero-order valence-electron chi connectivity index (χ0n) is 16.3. The Morgan fingerprint density at radius 1 is 1.11 bits per heavy atom. The molecule has 28 heavy (non-hydrogen) atoms. The first-order chi connectivity index (χ1) is 13.4. The highest BCUT2D eigenvalue weighted by atomic mass is 16.6. The number of likely N-dealkylation sites (tertiary alicyclic amines) is 1. The van der Waals surface area contributed by atoms with E-state index in [9.17, 15) is 19.2 Å². The normalized spacial score (nSPS) is 21.1. The zero-order chi connectivity index (χ0) is 20.7. The van der Waals surface area contributed by atoms with Crippen molar-refractivity contribution in [3.05, 3.63) is 35.9 Å². The van der Waals surface area contributed by atoms with Gasteiger partial charge in [-0.05, 0) is 19.4 Å². The van der Waals surface area contributed by atoms with Gasteiger partial charge in [0.25, 0.3) is 0 Å². The third-order valence-electron chi connectivity index (χ3n) is 4.77. The fourth-order valence-corrected chi connectivity index (χ4v) is 3.39. The number of carbonyl (C=O) groups is 4. The predicted octanol–water partition coefficient (Wildman–Crippen LogP) is 1.96. The van der Waals surface area contributed by atoms with E-state index in [2.05, 4.69) is 0 Å². The first-order valence-electron chi connectivity index (χ1n) is 9.10. The van der Waals surface area contributed by atoms with E-state index in [1.807, 2.05) is 18.2 Å². The SMILES string of the molecule is CCOC(=O)[C@H]1[C@H](CC(=O)OC)[C@H](C(C)=O)CN1C(=O)OCc1ccccc1. The number of hydrogen-bond acceptors (Lipinski definition) is 7. The predicted molar refractivity (Wildman–Crippen MR) is 98.0 cm³/mol. The molecule has 1 aromatic carbocycles. The first kappa shape index (κ1) is 21.4. The van der Waals surface area contributed by atoms with Crippen molar-refractivity contribution in [2.75, 3.05) is 20.3 Å². The number of ketones is 1. The summed E-state index contributed by atoms with van der Waals surface area (Å²) in [7, 11) is 1.23. The van der Waals surface area contributed by atoms with Crippen LogP contribution in [0.4, 0.5) is 4.79 Å². The number of carbonyl (C=O) groups excluding carboxylic acids is 4. The van der Waals surface area contributed by atoms with Gasteiger partial charge in [0.15, 0.2) is 0 Å². The number of ether oxygens (including phenoxy) is 3. The van der Waals surface area contributed by atoms with E-state index >= 15 is 0 Å². The molecule has 1 aliphatic heterocycles. The average Bonchev–Trinajstić information content (AvgIpc) is 3.06. The highest BCUT2D eigenvalue weighted by molar-refractivity contribution is 5.88. The largest absolute Gasteiger partial charge is 0.469 e. The number of rotatable bonds is 7. The fourth-order valence-electron chi connectivity index (χ4n) is 3.39. The van der Waals surface area contributed by atoms with Gasteiger partial charge in [-0.3, -0.25) is 14.5 Å². The minimum atomic E-state index is -1.09. The Morgan fingerprint density at radius 2 is 1.79 bits per heavy atom. The van der Waals surface area contributed by atoms with Crippen LogP contribution in [0, 0.1) is 11.8 Å². The topological polar surface area (TPSA) is 99.2 Å². The van der Waals surface area contributed by atoms with Crippen molar-refractivity contribution >= 4 is 23.8 Å². The number of benzene rings is 1. The zero-order valence-corrected chi connectivity index (χ0v) is 16.3. The Balaban J connectivity index is 2.23. The first-order valence-corrected chi connectivity index (χ1v) is 9.10. The highest BCUT2D eigenvalue weighted by Gasteiger charge is 2.51. The molecule has 8 nitrogen and oxygen atoms in total. The molecule has 0 N–H and O–H groups in total. The minimum absolute atomic E-state index is 0.0197. The molecule has 0 saturated carbocycles. The van der Waals surface area contributed by atoms with Crippen molar-refractivity contribution < 1.29 is 33.4 Å². The van der Waals surface area contributed by atoms with Gasteiger partial charge in [-0.2, -0.15) is 0 Å². The lowest BCUT2D eigenvalue weighted by atomic mass is 9.85.